The van der Waals surface area contributed by atoms with Gasteiger partial charge in [-0.25, -0.2) is 17.5 Å². The monoisotopic (exact) mass is 315 g/mol. The maximum absolute atomic E-state index is 13.1. The fraction of sp³-hybridized carbons (Fsp3) is 0.462. The molecule has 0 unspecified atom stereocenters. The molecule has 21 heavy (non-hydrogen) atoms. The third kappa shape index (κ3) is 4.15. The van der Waals surface area contributed by atoms with Gasteiger partial charge < -0.3 is 10.1 Å². The van der Waals surface area contributed by atoms with E-state index in [4.69, 9.17) is 4.74 Å². The first kappa shape index (κ1) is 15.7. The number of anilines is 1. The quantitative estimate of drug-likeness (QED) is 0.811. The zero-order valence-electron chi connectivity index (χ0n) is 11.9. The van der Waals surface area contributed by atoms with Crippen molar-refractivity contribution in [2.24, 2.45) is 4.99 Å². The van der Waals surface area contributed by atoms with Crippen LogP contribution >= 0.6 is 0 Å². The second kappa shape index (κ2) is 6.40. The average Bonchev–Trinajstić information content (AvgIpc) is 2.38. The lowest BCUT2D eigenvalue weighted by molar-refractivity contribution is 0.0783. The number of hydrogen-bond acceptors (Lipinski definition) is 4. The molecule has 1 heterocycles. The van der Waals surface area contributed by atoms with E-state index >= 15 is 0 Å². The van der Waals surface area contributed by atoms with Gasteiger partial charge in [-0.1, -0.05) is 0 Å². The Morgan fingerprint density at radius 3 is 2.86 bits per heavy atom. The highest BCUT2D eigenvalue weighted by Gasteiger charge is 2.26. The fourth-order valence-corrected chi connectivity index (χ4v) is 2.96. The number of aliphatic imine (C=N–C) groups is 1. The summed E-state index contributed by atoms with van der Waals surface area (Å²) in [5.41, 5.74) is 0.312. The lowest BCUT2D eigenvalue weighted by atomic mass is 10.3. The van der Waals surface area contributed by atoms with Crippen molar-refractivity contribution < 1.29 is 17.5 Å². The molecule has 8 heteroatoms. The zero-order valence-corrected chi connectivity index (χ0v) is 12.7. The molecule has 1 aromatic rings. The SMILES string of the molecule is CC(C)OCCCN=C1Nc2ccc(F)cc2S(=O)(=O)N1. The van der Waals surface area contributed by atoms with Crippen LogP contribution in [0.3, 0.4) is 0 Å². The molecule has 0 saturated heterocycles. The summed E-state index contributed by atoms with van der Waals surface area (Å²) in [5.74, 6) is -0.467. The lowest BCUT2D eigenvalue weighted by Gasteiger charge is -2.21. The van der Waals surface area contributed by atoms with Crippen LogP contribution in [0.1, 0.15) is 20.3 Å². The molecule has 1 aliphatic rings. The van der Waals surface area contributed by atoms with Gasteiger partial charge in [0.05, 0.1) is 11.8 Å². The Balaban J connectivity index is 2.04. The Hall–Kier alpha value is -1.67. The molecule has 0 radical (unpaired) electrons. The number of ether oxygens (including phenoxy) is 1. The minimum atomic E-state index is -3.78. The minimum absolute atomic E-state index is 0.121. The van der Waals surface area contributed by atoms with Gasteiger partial charge in [0.15, 0.2) is 0 Å². The molecular formula is C13H18FN3O3S. The predicted octanol–water partition coefficient (Wildman–Crippen LogP) is 1.70. The van der Waals surface area contributed by atoms with Crippen molar-refractivity contribution in [3.8, 4) is 0 Å². The van der Waals surface area contributed by atoms with Crippen molar-refractivity contribution in [2.75, 3.05) is 18.5 Å². The van der Waals surface area contributed by atoms with E-state index in [1.165, 1.54) is 12.1 Å². The molecular weight excluding hydrogens is 297 g/mol. The zero-order chi connectivity index (χ0) is 15.5. The van der Waals surface area contributed by atoms with Crippen LogP contribution in [0, 0.1) is 5.82 Å². The van der Waals surface area contributed by atoms with E-state index < -0.39 is 15.8 Å². The summed E-state index contributed by atoms with van der Waals surface area (Å²) in [5, 5.41) is 2.83. The average molecular weight is 315 g/mol. The van der Waals surface area contributed by atoms with Gasteiger partial charge in [-0.3, -0.25) is 4.99 Å². The first-order chi connectivity index (χ1) is 9.88. The number of fused-ring (bicyclic) bond motifs is 1. The van der Waals surface area contributed by atoms with E-state index in [0.717, 1.165) is 6.07 Å². The Labute approximate surface area is 123 Å². The first-order valence-electron chi connectivity index (χ1n) is 6.64. The van der Waals surface area contributed by atoms with Gasteiger partial charge in [0, 0.05) is 13.2 Å². The number of guanidine groups is 1. The van der Waals surface area contributed by atoms with Gasteiger partial charge in [-0.15, -0.1) is 0 Å². The van der Waals surface area contributed by atoms with E-state index in [1.54, 1.807) is 0 Å². The van der Waals surface area contributed by atoms with Crippen LogP contribution in [0.15, 0.2) is 28.1 Å². The predicted molar refractivity (Wildman–Crippen MR) is 78.4 cm³/mol. The maximum Gasteiger partial charge on any atom is 0.266 e. The number of sulfonamides is 1. The minimum Gasteiger partial charge on any atom is -0.379 e. The standard InChI is InChI=1S/C13H18FN3O3S/c1-9(2)20-7-3-6-15-13-16-11-5-4-10(14)8-12(11)21(18,19)17-13/h4-5,8-9H,3,6-7H2,1-2H3,(H2,15,16,17). The number of nitrogens with zero attached hydrogens (tertiary/aromatic N) is 1. The van der Waals surface area contributed by atoms with Crippen LogP contribution in [0.25, 0.3) is 0 Å². The first-order valence-corrected chi connectivity index (χ1v) is 8.12. The summed E-state index contributed by atoms with van der Waals surface area (Å²) in [7, 11) is -3.78. The van der Waals surface area contributed by atoms with Gasteiger partial charge in [0.1, 0.15) is 10.7 Å². The van der Waals surface area contributed by atoms with E-state index in [0.29, 0.717) is 25.3 Å². The van der Waals surface area contributed by atoms with Crippen molar-refractivity contribution in [3.63, 3.8) is 0 Å². The van der Waals surface area contributed by atoms with Gasteiger partial charge in [0.2, 0.25) is 5.96 Å². The molecule has 0 amide bonds. The van der Waals surface area contributed by atoms with Crippen molar-refractivity contribution in [3.05, 3.63) is 24.0 Å². The topological polar surface area (TPSA) is 79.8 Å². The van der Waals surface area contributed by atoms with Crippen LogP contribution in [0.5, 0.6) is 0 Å². The van der Waals surface area contributed by atoms with Crippen molar-refractivity contribution in [1.29, 1.82) is 0 Å². The molecule has 1 aromatic carbocycles. The third-order valence-corrected chi connectivity index (χ3v) is 4.12. The summed E-state index contributed by atoms with van der Waals surface area (Å²) in [6, 6.07) is 3.54. The molecule has 0 atom stereocenters. The van der Waals surface area contributed by atoms with Crippen molar-refractivity contribution >= 4 is 21.7 Å². The summed E-state index contributed by atoms with van der Waals surface area (Å²) < 4.78 is 44.8. The Bertz CT molecular complexity index is 644. The Kier molecular flexibility index (Phi) is 4.79. The molecule has 116 valence electrons. The molecule has 0 fully saturated rings. The molecule has 6 nitrogen and oxygen atoms in total. The molecule has 0 aliphatic carbocycles. The lowest BCUT2D eigenvalue weighted by Crippen LogP contribution is -2.41. The van der Waals surface area contributed by atoms with E-state index in [-0.39, 0.29) is 17.0 Å². The summed E-state index contributed by atoms with van der Waals surface area (Å²) >= 11 is 0. The van der Waals surface area contributed by atoms with E-state index in [9.17, 15) is 12.8 Å². The molecule has 0 saturated carbocycles. The normalized spacial score (nSPS) is 18.2. The summed E-state index contributed by atoms with van der Waals surface area (Å²) in [6.45, 7) is 4.87. The van der Waals surface area contributed by atoms with Crippen molar-refractivity contribution in [2.45, 2.75) is 31.3 Å². The highest BCUT2D eigenvalue weighted by molar-refractivity contribution is 7.90. The Morgan fingerprint density at radius 2 is 2.14 bits per heavy atom. The molecule has 0 bridgehead atoms. The van der Waals surface area contributed by atoms with Crippen LogP contribution < -0.4 is 10.0 Å². The molecule has 0 spiro atoms. The van der Waals surface area contributed by atoms with E-state index in [2.05, 4.69) is 15.0 Å². The number of benzene rings is 1. The summed E-state index contributed by atoms with van der Waals surface area (Å²) in [6.07, 6.45) is 0.840. The highest BCUT2D eigenvalue weighted by Crippen LogP contribution is 2.25. The van der Waals surface area contributed by atoms with Gasteiger partial charge in [0.25, 0.3) is 10.0 Å². The Morgan fingerprint density at radius 1 is 1.38 bits per heavy atom. The van der Waals surface area contributed by atoms with Crippen LogP contribution in [-0.4, -0.2) is 33.6 Å². The molecule has 2 rings (SSSR count). The van der Waals surface area contributed by atoms with Gasteiger partial charge in [-0.05, 0) is 38.5 Å². The van der Waals surface area contributed by atoms with Crippen LogP contribution in [0.2, 0.25) is 0 Å². The number of hydrogen-bond donors (Lipinski definition) is 2. The summed E-state index contributed by atoms with van der Waals surface area (Å²) in [4.78, 5) is 4.02. The van der Waals surface area contributed by atoms with Gasteiger partial charge >= 0.3 is 0 Å². The maximum atomic E-state index is 13.1. The number of nitrogens with one attached hydrogen (secondary N) is 2. The second-order valence-corrected chi connectivity index (χ2v) is 6.53. The second-order valence-electron chi connectivity index (χ2n) is 4.87. The fourth-order valence-electron chi connectivity index (χ4n) is 1.80. The number of halogens is 1. The smallest absolute Gasteiger partial charge is 0.266 e. The largest absolute Gasteiger partial charge is 0.379 e. The highest BCUT2D eigenvalue weighted by atomic mass is 32.2. The van der Waals surface area contributed by atoms with Crippen molar-refractivity contribution in [1.82, 2.24) is 4.72 Å². The molecule has 0 aromatic heterocycles. The third-order valence-electron chi connectivity index (χ3n) is 2.74. The van der Waals surface area contributed by atoms with Gasteiger partial charge in [-0.2, -0.15) is 0 Å². The molecule has 1 aliphatic heterocycles. The van der Waals surface area contributed by atoms with Crippen LogP contribution in [-0.2, 0) is 14.8 Å². The van der Waals surface area contributed by atoms with Crippen LogP contribution in [0.4, 0.5) is 10.1 Å². The van der Waals surface area contributed by atoms with E-state index in [1.807, 2.05) is 13.8 Å². The molecule has 2 N–H and O–H groups in total. The number of rotatable bonds is 5.